The standard InChI is InChI=1S/C26H41NO4Si/c1-8-22(16-12-13-20(2)18-31-32(6,7)26(3,4)5)24(28)27-23(19-30-25(27)29)17-21-14-10-9-11-15-21/h9-15,20,22-23H,8,16-19H2,1-7H3/b13-12+/t20-,22+,23-/m1/s1. The normalized spacial score (nSPS) is 19.3. The van der Waals surface area contributed by atoms with Crippen molar-refractivity contribution < 1.29 is 18.8 Å². The molecule has 2 amide bonds. The molecule has 1 fully saturated rings. The molecule has 32 heavy (non-hydrogen) atoms. The van der Waals surface area contributed by atoms with Crippen LogP contribution in [0.3, 0.4) is 0 Å². The predicted molar refractivity (Wildman–Crippen MR) is 132 cm³/mol. The van der Waals surface area contributed by atoms with Gasteiger partial charge >= 0.3 is 6.09 Å². The van der Waals surface area contributed by atoms with Gasteiger partial charge in [0.05, 0.1) is 6.04 Å². The van der Waals surface area contributed by atoms with Crippen LogP contribution in [0.25, 0.3) is 0 Å². The highest BCUT2D eigenvalue weighted by Gasteiger charge is 2.40. The minimum atomic E-state index is -1.77. The van der Waals surface area contributed by atoms with Gasteiger partial charge in [-0.25, -0.2) is 9.69 Å². The SMILES string of the molecule is CC[C@@H](C/C=C/[C@@H](C)CO[Si](C)(C)C(C)(C)C)C(=O)N1C(=O)OC[C@H]1Cc1ccccc1. The number of carbonyl (C=O) groups is 2. The van der Waals surface area contributed by atoms with Crippen molar-refractivity contribution in [2.24, 2.45) is 11.8 Å². The Morgan fingerprint density at radius 2 is 1.94 bits per heavy atom. The van der Waals surface area contributed by atoms with E-state index in [4.69, 9.17) is 9.16 Å². The lowest BCUT2D eigenvalue weighted by molar-refractivity contribution is -0.133. The fourth-order valence-electron chi connectivity index (χ4n) is 3.49. The van der Waals surface area contributed by atoms with Crippen LogP contribution in [-0.4, -0.2) is 44.5 Å². The molecular weight excluding hydrogens is 418 g/mol. The van der Waals surface area contributed by atoms with Crippen LogP contribution in [0.2, 0.25) is 18.1 Å². The Labute approximate surface area is 195 Å². The summed E-state index contributed by atoms with van der Waals surface area (Å²) < 4.78 is 11.5. The van der Waals surface area contributed by atoms with Crippen molar-refractivity contribution in [2.45, 2.75) is 78.1 Å². The molecule has 3 atom stereocenters. The molecule has 1 aliphatic heterocycles. The summed E-state index contributed by atoms with van der Waals surface area (Å²) in [6, 6.07) is 9.67. The van der Waals surface area contributed by atoms with Gasteiger partial charge in [-0.1, -0.05) is 77.1 Å². The molecule has 1 aromatic rings. The molecule has 0 spiro atoms. The Kier molecular flexibility index (Phi) is 9.28. The number of hydrogen-bond donors (Lipinski definition) is 0. The van der Waals surface area contributed by atoms with Crippen LogP contribution in [-0.2, 0) is 20.4 Å². The summed E-state index contributed by atoms with van der Waals surface area (Å²) in [5, 5.41) is 0.191. The smallest absolute Gasteiger partial charge is 0.416 e. The predicted octanol–water partition coefficient (Wildman–Crippen LogP) is 6.21. The molecule has 5 nitrogen and oxygen atoms in total. The Morgan fingerprint density at radius 3 is 2.53 bits per heavy atom. The lowest BCUT2D eigenvalue weighted by atomic mass is 9.97. The molecule has 0 bridgehead atoms. The first-order valence-electron chi connectivity index (χ1n) is 11.8. The van der Waals surface area contributed by atoms with Crippen molar-refractivity contribution in [3.8, 4) is 0 Å². The molecule has 0 radical (unpaired) electrons. The average molecular weight is 460 g/mol. The molecule has 0 aliphatic carbocycles. The van der Waals surface area contributed by atoms with Gasteiger partial charge in [-0.3, -0.25) is 4.79 Å². The zero-order chi connectivity index (χ0) is 23.9. The summed E-state index contributed by atoms with van der Waals surface area (Å²) in [7, 11) is -1.77. The van der Waals surface area contributed by atoms with E-state index in [2.05, 4.69) is 52.9 Å². The number of hydrogen-bond acceptors (Lipinski definition) is 4. The van der Waals surface area contributed by atoms with Gasteiger partial charge in [-0.15, -0.1) is 0 Å². The third-order valence-electron chi connectivity index (χ3n) is 6.75. The van der Waals surface area contributed by atoms with E-state index < -0.39 is 14.4 Å². The van der Waals surface area contributed by atoms with Crippen molar-refractivity contribution in [2.75, 3.05) is 13.2 Å². The number of rotatable bonds is 10. The number of carbonyl (C=O) groups excluding carboxylic acids is 2. The van der Waals surface area contributed by atoms with E-state index in [1.54, 1.807) is 0 Å². The molecule has 2 rings (SSSR count). The van der Waals surface area contributed by atoms with Crippen LogP contribution in [0.1, 0.15) is 53.0 Å². The number of cyclic esters (lactones) is 1. The molecule has 1 heterocycles. The molecule has 178 valence electrons. The molecule has 1 aliphatic rings. The minimum Gasteiger partial charge on any atom is -0.447 e. The number of nitrogens with zero attached hydrogens (tertiary/aromatic N) is 1. The number of imide groups is 1. The molecule has 0 saturated carbocycles. The summed E-state index contributed by atoms with van der Waals surface area (Å²) in [6.45, 7) is 16.3. The summed E-state index contributed by atoms with van der Waals surface area (Å²) in [6.07, 6.45) is 5.59. The largest absolute Gasteiger partial charge is 0.447 e. The maximum Gasteiger partial charge on any atom is 0.416 e. The molecule has 0 unspecified atom stereocenters. The minimum absolute atomic E-state index is 0.134. The van der Waals surface area contributed by atoms with Gasteiger partial charge in [0, 0.05) is 12.5 Å². The van der Waals surface area contributed by atoms with Crippen LogP contribution in [0, 0.1) is 11.8 Å². The summed E-state index contributed by atoms with van der Waals surface area (Å²) in [5.74, 6) is -0.0891. The molecule has 1 aromatic carbocycles. The number of allylic oxidation sites excluding steroid dienone is 1. The molecular formula is C26H41NO4Si. The van der Waals surface area contributed by atoms with E-state index >= 15 is 0 Å². The molecule has 0 aromatic heterocycles. The highest BCUT2D eigenvalue weighted by molar-refractivity contribution is 6.74. The van der Waals surface area contributed by atoms with E-state index in [1.165, 1.54) is 4.90 Å². The number of ether oxygens (including phenoxy) is 1. The van der Waals surface area contributed by atoms with E-state index in [-0.39, 0.29) is 35.4 Å². The first-order valence-corrected chi connectivity index (χ1v) is 14.7. The third kappa shape index (κ3) is 7.04. The third-order valence-corrected chi connectivity index (χ3v) is 11.3. The zero-order valence-corrected chi connectivity index (χ0v) is 21.9. The monoisotopic (exact) mass is 459 g/mol. The second-order valence-corrected chi connectivity index (χ2v) is 15.3. The van der Waals surface area contributed by atoms with Gasteiger partial charge in [0.25, 0.3) is 0 Å². The first-order chi connectivity index (χ1) is 15.0. The van der Waals surface area contributed by atoms with Gasteiger partial charge < -0.3 is 9.16 Å². The van der Waals surface area contributed by atoms with Crippen molar-refractivity contribution in [1.29, 1.82) is 0 Å². The second kappa shape index (κ2) is 11.3. The summed E-state index contributed by atoms with van der Waals surface area (Å²) in [4.78, 5) is 26.9. The van der Waals surface area contributed by atoms with E-state index in [1.807, 2.05) is 37.3 Å². The average Bonchev–Trinajstić information content (AvgIpc) is 3.09. The maximum atomic E-state index is 13.2. The molecule has 0 N–H and O–H groups in total. The Hall–Kier alpha value is -1.92. The zero-order valence-electron chi connectivity index (χ0n) is 20.9. The van der Waals surface area contributed by atoms with Crippen molar-refractivity contribution in [3.05, 3.63) is 48.0 Å². The Morgan fingerprint density at radius 1 is 1.28 bits per heavy atom. The fraction of sp³-hybridized carbons (Fsp3) is 0.615. The number of benzene rings is 1. The van der Waals surface area contributed by atoms with Crippen LogP contribution in [0.4, 0.5) is 4.79 Å². The quantitative estimate of drug-likeness (QED) is 0.308. The van der Waals surface area contributed by atoms with Gasteiger partial charge in [0.1, 0.15) is 6.61 Å². The Balaban J connectivity index is 1.94. The first kappa shape index (κ1) is 26.3. The van der Waals surface area contributed by atoms with Crippen LogP contribution < -0.4 is 0 Å². The van der Waals surface area contributed by atoms with Crippen LogP contribution >= 0.6 is 0 Å². The molecule has 1 saturated heterocycles. The lowest BCUT2D eigenvalue weighted by Gasteiger charge is -2.36. The van der Waals surface area contributed by atoms with Crippen LogP contribution in [0.15, 0.2) is 42.5 Å². The number of amides is 2. The van der Waals surface area contributed by atoms with Crippen molar-refractivity contribution in [3.63, 3.8) is 0 Å². The van der Waals surface area contributed by atoms with Crippen molar-refractivity contribution >= 4 is 20.3 Å². The summed E-state index contributed by atoms with van der Waals surface area (Å²) >= 11 is 0. The fourth-order valence-corrected chi connectivity index (χ4v) is 4.61. The van der Waals surface area contributed by atoms with E-state index in [9.17, 15) is 9.59 Å². The maximum absolute atomic E-state index is 13.2. The van der Waals surface area contributed by atoms with Gasteiger partial charge in [0.15, 0.2) is 8.32 Å². The van der Waals surface area contributed by atoms with Crippen molar-refractivity contribution in [1.82, 2.24) is 4.90 Å². The molecule has 6 heteroatoms. The highest BCUT2D eigenvalue weighted by Crippen LogP contribution is 2.36. The van der Waals surface area contributed by atoms with E-state index in [0.717, 1.165) is 5.56 Å². The highest BCUT2D eigenvalue weighted by atomic mass is 28.4. The summed E-state index contributed by atoms with van der Waals surface area (Å²) in [5.41, 5.74) is 1.09. The second-order valence-electron chi connectivity index (χ2n) is 10.4. The lowest BCUT2D eigenvalue weighted by Crippen LogP contribution is -2.43. The van der Waals surface area contributed by atoms with Crippen LogP contribution in [0.5, 0.6) is 0 Å². The Bertz CT molecular complexity index is 785. The van der Waals surface area contributed by atoms with Gasteiger partial charge in [0.2, 0.25) is 5.91 Å². The van der Waals surface area contributed by atoms with Gasteiger partial charge in [-0.05, 0) is 48.9 Å². The topological polar surface area (TPSA) is 55.8 Å². The van der Waals surface area contributed by atoms with E-state index in [0.29, 0.717) is 25.9 Å². The van der Waals surface area contributed by atoms with Gasteiger partial charge in [-0.2, -0.15) is 0 Å².